The van der Waals surface area contributed by atoms with Gasteiger partial charge in [-0.25, -0.2) is 4.98 Å². The summed E-state index contributed by atoms with van der Waals surface area (Å²) in [5.74, 6) is -0.430. The molecule has 0 saturated carbocycles. The van der Waals surface area contributed by atoms with E-state index < -0.39 is 11.9 Å². The van der Waals surface area contributed by atoms with Crippen LogP contribution in [0.15, 0.2) is 12.1 Å². The lowest BCUT2D eigenvalue weighted by molar-refractivity contribution is -0.141. The average molecular weight is 308 g/mol. The molecule has 1 aromatic heterocycles. The van der Waals surface area contributed by atoms with Gasteiger partial charge in [0.15, 0.2) is 5.78 Å². The number of ketones is 1. The van der Waals surface area contributed by atoms with E-state index in [4.69, 9.17) is 11.6 Å². The lowest BCUT2D eigenvalue weighted by Crippen LogP contribution is -2.17. The topological polar surface area (TPSA) is 30.0 Å². The van der Waals surface area contributed by atoms with Crippen molar-refractivity contribution in [3.8, 4) is 0 Å². The maximum absolute atomic E-state index is 12.5. The summed E-state index contributed by atoms with van der Waals surface area (Å²) in [5, 5.41) is -0.373. The molecule has 0 atom stereocenters. The van der Waals surface area contributed by atoms with Crippen molar-refractivity contribution in [2.75, 3.05) is 0 Å². The Morgan fingerprint density at radius 1 is 1.25 bits per heavy atom. The summed E-state index contributed by atoms with van der Waals surface area (Å²) in [5.41, 5.74) is -1.01. The zero-order chi connectivity index (χ0) is 15.3. The molecule has 0 N–H and O–H groups in total. The van der Waals surface area contributed by atoms with Crippen LogP contribution in [0, 0.1) is 5.92 Å². The molecular weight excluding hydrogens is 291 g/mol. The van der Waals surface area contributed by atoms with Crippen molar-refractivity contribution < 1.29 is 18.0 Å². The molecule has 1 rings (SSSR count). The molecule has 0 saturated heterocycles. The number of carbonyl (C=O) groups excluding carboxylic acids is 1. The number of carbonyl (C=O) groups is 1. The first-order valence-corrected chi connectivity index (χ1v) is 6.97. The van der Waals surface area contributed by atoms with Crippen molar-refractivity contribution in [2.45, 2.75) is 45.7 Å². The van der Waals surface area contributed by atoms with Crippen molar-refractivity contribution in [3.05, 3.63) is 28.5 Å². The first kappa shape index (κ1) is 17.0. The number of aromatic nitrogens is 1. The van der Waals surface area contributed by atoms with Gasteiger partial charge in [-0.1, -0.05) is 38.3 Å². The monoisotopic (exact) mass is 307 g/mol. The fourth-order valence-corrected chi connectivity index (χ4v) is 2.35. The molecule has 112 valence electrons. The van der Waals surface area contributed by atoms with Crippen molar-refractivity contribution in [1.82, 2.24) is 4.98 Å². The Bertz CT molecular complexity index is 468. The first-order valence-electron chi connectivity index (χ1n) is 6.59. The van der Waals surface area contributed by atoms with E-state index in [0.717, 1.165) is 25.0 Å². The largest absolute Gasteiger partial charge is 0.433 e. The van der Waals surface area contributed by atoms with E-state index >= 15 is 0 Å². The molecule has 0 spiro atoms. The number of nitrogens with zero attached hydrogens (tertiary/aromatic N) is 1. The number of pyridine rings is 1. The summed E-state index contributed by atoms with van der Waals surface area (Å²) >= 11 is 5.74. The maximum atomic E-state index is 12.5. The zero-order valence-electron chi connectivity index (χ0n) is 11.4. The SMILES string of the molecule is CCCC(CCC)C(=O)c1ccc(C(F)(F)F)nc1Cl. The second-order valence-electron chi connectivity index (χ2n) is 4.67. The Morgan fingerprint density at radius 2 is 1.80 bits per heavy atom. The third-order valence-electron chi connectivity index (χ3n) is 3.05. The summed E-state index contributed by atoms with van der Waals surface area (Å²) in [6.07, 6.45) is -1.49. The Balaban J connectivity index is 3.04. The highest BCUT2D eigenvalue weighted by atomic mass is 35.5. The van der Waals surface area contributed by atoms with E-state index in [9.17, 15) is 18.0 Å². The molecule has 1 heterocycles. The molecule has 0 aliphatic rings. The van der Waals surface area contributed by atoms with Gasteiger partial charge < -0.3 is 0 Å². The number of halogens is 4. The molecule has 0 bridgehead atoms. The second-order valence-corrected chi connectivity index (χ2v) is 5.03. The lowest BCUT2D eigenvalue weighted by atomic mass is 9.90. The van der Waals surface area contributed by atoms with Gasteiger partial charge in [-0.3, -0.25) is 4.79 Å². The van der Waals surface area contributed by atoms with E-state index in [-0.39, 0.29) is 22.4 Å². The van der Waals surface area contributed by atoms with Crippen LogP contribution >= 0.6 is 11.6 Å². The quantitative estimate of drug-likeness (QED) is 0.537. The number of alkyl halides is 3. The van der Waals surface area contributed by atoms with Crippen LogP contribution in [0.5, 0.6) is 0 Å². The minimum atomic E-state index is -4.56. The highest BCUT2D eigenvalue weighted by Crippen LogP contribution is 2.30. The second kappa shape index (κ2) is 7.07. The summed E-state index contributed by atoms with van der Waals surface area (Å²) in [4.78, 5) is 15.6. The van der Waals surface area contributed by atoms with Crippen LogP contribution in [0.4, 0.5) is 13.2 Å². The van der Waals surface area contributed by atoms with E-state index in [0.29, 0.717) is 12.8 Å². The zero-order valence-corrected chi connectivity index (χ0v) is 12.2. The van der Waals surface area contributed by atoms with E-state index in [1.165, 1.54) is 0 Å². The van der Waals surface area contributed by atoms with Gasteiger partial charge in [0, 0.05) is 5.92 Å². The van der Waals surface area contributed by atoms with E-state index in [2.05, 4.69) is 4.98 Å². The first-order chi connectivity index (χ1) is 9.31. The van der Waals surface area contributed by atoms with Crippen molar-refractivity contribution in [3.63, 3.8) is 0 Å². The molecule has 0 fully saturated rings. The molecular formula is C14H17ClF3NO. The lowest BCUT2D eigenvalue weighted by Gasteiger charge is -2.15. The van der Waals surface area contributed by atoms with Gasteiger partial charge in [0.1, 0.15) is 10.8 Å². The van der Waals surface area contributed by atoms with Gasteiger partial charge in [-0.05, 0) is 25.0 Å². The number of hydrogen-bond donors (Lipinski definition) is 0. The minimum absolute atomic E-state index is 0.0755. The van der Waals surface area contributed by atoms with Gasteiger partial charge in [0.25, 0.3) is 0 Å². The number of Topliss-reactive ketones (excluding diaryl/α,β-unsaturated/α-hetero) is 1. The molecule has 0 amide bonds. The fraction of sp³-hybridized carbons (Fsp3) is 0.571. The smallest absolute Gasteiger partial charge is 0.294 e. The molecule has 20 heavy (non-hydrogen) atoms. The Labute approximate surface area is 121 Å². The van der Waals surface area contributed by atoms with Crippen LogP contribution in [-0.2, 0) is 6.18 Å². The Morgan fingerprint density at radius 3 is 2.20 bits per heavy atom. The summed E-state index contributed by atoms with van der Waals surface area (Å²) in [6, 6.07) is 1.92. The molecule has 0 aromatic carbocycles. The van der Waals surface area contributed by atoms with Crippen molar-refractivity contribution in [2.24, 2.45) is 5.92 Å². The summed E-state index contributed by atoms with van der Waals surface area (Å²) in [7, 11) is 0. The third-order valence-corrected chi connectivity index (χ3v) is 3.34. The number of rotatable bonds is 6. The van der Waals surface area contributed by atoms with E-state index in [1.807, 2.05) is 13.8 Å². The molecule has 0 unspecified atom stereocenters. The molecule has 0 radical (unpaired) electrons. The molecule has 0 aliphatic carbocycles. The Kier molecular flexibility index (Phi) is 5.99. The summed E-state index contributed by atoms with van der Waals surface area (Å²) in [6.45, 7) is 3.92. The van der Waals surface area contributed by atoms with Crippen LogP contribution in [0.1, 0.15) is 55.6 Å². The minimum Gasteiger partial charge on any atom is -0.294 e. The van der Waals surface area contributed by atoms with Gasteiger partial charge in [0.2, 0.25) is 0 Å². The summed E-state index contributed by atoms with van der Waals surface area (Å²) < 4.78 is 37.5. The van der Waals surface area contributed by atoms with Crippen molar-refractivity contribution in [1.29, 1.82) is 0 Å². The van der Waals surface area contributed by atoms with Crippen LogP contribution in [0.2, 0.25) is 5.15 Å². The Hall–Kier alpha value is -1.10. The highest BCUT2D eigenvalue weighted by molar-refractivity contribution is 6.32. The molecule has 2 nitrogen and oxygen atoms in total. The maximum Gasteiger partial charge on any atom is 0.433 e. The highest BCUT2D eigenvalue weighted by Gasteiger charge is 2.33. The molecule has 0 aliphatic heterocycles. The normalized spacial score (nSPS) is 11.9. The standard InChI is InChI=1S/C14H17ClF3NO/c1-3-5-9(6-4-2)12(20)10-7-8-11(14(16,17)18)19-13(10)15/h7-9H,3-6H2,1-2H3. The van der Waals surface area contributed by atoms with Crippen LogP contribution in [0.3, 0.4) is 0 Å². The van der Waals surface area contributed by atoms with E-state index in [1.54, 1.807) is 0 Å². The predicted octanol–water partition coefficient (Wildman–Crippen LogP) is 5.15. The van der Waals surface area contributed by atoms with Gasteiger partial charge in [-0.2, -0.15) is 13.2 Å². The molecule has 6 heteroatoms. The molecule has 1 aromatic rings. The van der Waals surface area contributed by atoms with Crippen LogP contribution in [-0.4, -0.2) is 10.8 Å². The number of hydrogen-bond acceptors (Lipinski definition) is 2. The van der Waals surface area contributed by atoms with Gasteiger partial charge >= 0.3 is 6.18 Å². The van der Waals surface area contributed by atoms with Crippen molar-refractivity contribution >= 4 is 17.4 Å². The fourth-order valence-electron chi connectivity index (χ4n) is 2.10. The average Bonchev–Trinajstić information content (AvgIpc) is 2.36. The predicted molar refractivity (Wildman–Crippen MR) is 71.9 cm³/mol. The van der Waals surface area contributed by atoms with Gasteiger partial charge in [0.05, 0.1) is 5.56 Å². The third kappa shape index (κ3) is 4.20. The van der Waals surface area contributed by atoms with Gasteiger partial charge in [-0.15, -0.1) is 0 Å². The van der Waals surface area contributed by atoms with Crippen LogP contribution in [0.25, 0.3) is 0 Å². The van der Waals surface area contributed by atoms with Crippen LogP contribution < -0.4 is 0 Å².